The molecule has 17 heavy (non-hydrogen) atoms. The van der Waals surface area contributed by atoms with Crippen LogP contribution >= 0.6 is 0 Å². The molecule has 2 nitrogen and oxygen atoms in total. The number of ketones is 1. The second-order valence-electron chi connectivity index (χ2n) is 4.30. The molecule has 1 rings (SSSR count). The number of hydrogen-bond donors (Lipinski definition) is 0. The minimum absolute atomic E-state index is 0.109. The van der Waals surface area contributed by atoms with Gasteiger partial charge in [0.15, 0.2) is 0 Å². The van der Waals surface area contributed by atoms with Crippen LogP contribution < -0.4 is 0 Å². The van der Waals surface area contributed by atoms with Crippen LogP contribution in [-0.2, 0) is 15.6 Å². The van der Waals surface area contributed by atoms with Crippen LogP contribution in [0.15, 0.2) is 29.2 Å². The van der Waals surface area contributed by atoms with Gasteiger partial charge in [0, 0.05) is 11.3 Å². The van der Waals surface area contributed by atoms with Crippen LogP contribution in [0.25, 0.3) is 0 Å². The van der Waals surface area contributed by atoms with E-state index in [0.29, 0.717) is 6.42 Å². The Kier molecular flexibility index (Phi) is 6.12. The second-order valence-corrected chi connectivity index (χ2v) is 5.75. The maximum atomic E-state index is 11.9. The number of rotatable bonds is 7. The van der Waals surface area contributed by atoms with Gasteiger partial charge in [-0.1, -0.05) is 37.5 Å². The van der Waals surface area contributed by atoms with E-state index in [4.69, 9.17) is 0 Å². The van der Waals surface area contributed by atoms with E-state index in [1.54, 1.807) is 0 Å². The Hall–Kier alpha value is -0.960. The Labute approximate surface area is 106 Å². The molecule has 0 heterocycles. The first-order chi connectivity index (χ1) is 8.13. The molecule has 1 aromatic rings. The molecular weight excluding hydrogens is 232 g/mol. The summed E-state index contributed by atoms with van der Waals surface area (Å²) in [5, 5.41) is 0. The number of Topliss-reactive ketones (excluding diaryl/α,β-unsaturated/α-hetero) is 1. The average molecular weight is 252 g/mol. The lowest BCUT2D eigenvalue weighted by Gasteiger charge is -2.02. The highest BCUT2D eigenvalue weighted by atomic mass is 32.2. The molecule has 0 unspecified atom stereocenters. The molecule has 3 heteroatoms. The molecule has 0 saturated heterocycles. The summed E-state index contributed by atoms with van der Waals surface area (Å²) in [5.41, 5.74) is 1.14. The number of aryl methyl sites for hydroxylation is 1. The molecular formula is C14H20O2S. The van der Waals surface area contributed by atoms with Crippen molar-refractivity contribution in [2.45, 2.75) is 44.4 Å². The van der Waals surface area contributed by atoms with Crippen LogP contribution in [0.4, 0.5) is 0 Å². The summed E-state index contributed by atoms with van der Waals surface area (Å²) in [6, 6.07) is 7.53. The van der Waals surface area contributed by atoms with Crippen LogP contribution in [0.5, 0.6) is 0 Å². The largest absolute Gasteiger partial charge is 0.299 e. The molecule has 1 aromatic carbocycles. The van der Waals surface area contributed by atoms with Gasteiger partial charge in [0.05, 0.1) is 16.6 Å². The lowest BCUT2D eigenvalue weighted by atomic mass is 10.2. The van der Waals surface area contributed by atoms with Crippen LogP contribution in [0.1, 0.15) is 38.2 Å². The van der Waals surface area contributed by atoms with Gasteiger partial charge in [0.25, 0.3) is 0 Å². The van der Waals surface area contributed by atoms with Crippen LogP contribution in [0, 0.1) is 6.92 Å². The van der Waals surface area contributed by atoms with E-state index in [2.05, 4.69) is 6.92 Å². The molecule has 1 atom stereocenters. The lowest BCUT2D eigenvalue weighted by molar-refractivity contribution is -0.116. The highest BCUT2D eigenvalue weighted by molar-refractivity contribution is 7.85. The van der Waals surface area contributed by atoms with Gasteiger partial charge in [-0.3, -0.25) is 9.00 Å². The van der Waals surface area contributed by atoms with Crippen molar-refractivity contribution in [3.63, 3.8) is 0 Å². The maximum Gasteiger partial charge on any atom is 0.145 e. The van der Waals surface area contributed by atoms with Crippen molar-refractivity contribution in [1.82, 2.24) is 0 Å². The van der Waals surface area contributed by atoms with Crippen molar-refractivity contribution >= 4 is 16.6 Å². The molecule has 0 amide bonds. The topological polar surface area (TPSA) is 34.1 Å². The summed E-state index contributed by atoms with van der Waals surface area (Å²) >= 11 is 0. The lowest BCUT2D eigenvalue weighted by Crippen LogP contribution is -2.10. The first-order valence-electron chi connectivity index (χ1n) is 6.10. The summed E-state index contributed by atoms with van der Waals surface area (Å²) in [4.78, 5) is 12.3. The van der Waals surface area contributed by atoms with Crippen molar-refractivity contribution in [3.8, 4) is 0 Å². The molecule has 0 radical (unpaired) electrons. The van der Waals surface area contributed by atoms with E-state index in [-0.39, 0.29) is 11.5 Å². The number of unbranched alkanes of at least 4 members (excludes halogenated alkanes) is 2. The zero-order valence-corrected chi connectivity index (χ0v) is 11.4. The van der Waals surface area contributed by atoms with Crippen molar-refractivity contribution in [2.24, 2.45) is 0 Å². The second kappa shape index (κ2) is 7.38. The molecule has 0 saturated carbocycles. The minimum atomic E-state index is -1.18. The third-order valence-corrected chi connectivity index (χ3v) is 4.02. The number of carbonyl (C=O) groups is 1. The van der Waals surface area contributed by atoms with E-state index >= 15 is 0 Å². The number of benzene rings is 1. The summed E-state index contributed by atoms with van der Waals surface area (Å²) in [6.07, 6.45) is 3.66. The zero-order valence-electron chi connectivity index (χ0n) is 10.6. The smallest absolute Gasteiger partial charge is 0.145 e. The fourth-order valence-electron chi connectivity index (χ4n) is 1.56. The first-order valence-corrected chi connectivity index (χ1v) is 7.42. The Morgan fingerprint density at radius 3 is 2.41 bits per heavy atom. The van der Waals surface area contributed by atoms with Crippen molar-refractivity contribution in [2.75, 3.05) is 5.75 Å². The van der Waals surface area contributed by atoms with Crippen molar-refractivity contribution in [1.29, 1.82) is 0 Å². The van der Waals surface area contributed by atoms with Gasteiger partial charge < -0.3 is 0 Å². The fourth-order valence-corrected chi connectivity index (χ4v) is 2.61. The van der Waals surface area contributed by atoms with Gasteiger partial charge >= 0.3 is 0 Å². The molecule has 0 spiro atoms. The monoisotopic (exact) mass is 252 g/mol. The highest BCUT2D eigenvalue weighted by Crippen LogP contribution is 2.10. The molecule has 94 valence electrons. The number of hydrogen-bond acceptors (Lipinski definition) is 2. The van der Waals surface area contributed by atoms with E-state index in [0.717, 1.165) is 29.7 Å². The predicted molar refractivity (Wildman–Crippen MR) is 71.6 cm³/mol. The molecule has 0 aliphatic heterocycles. The summed E-state index contributed by atoms with van der Waals surface area (Å²) < 4.78 is 11.9. The summed E-state index contributed by atoms with van der Waals surface area (Å²) in [5.74, 6) is 0.268. The van der Waals surface area contributed by atoms with Gasteiger partial charge in [0.2, 0.25) is 0 Å². The van der Waals surface area contributed by atoms with E-state index < -0.39 is 10.8 Å². The Morgan fingerprint density at radius 1 is 1.18 bits per heavy atom. The Balaban J connectivity index is 2.43. The van der Waals surface area contributed by atoms with Gasteiger partial charge in [-0.05, 0) is 25.5 Å². The molecule has 0 aliphatic carbocycles. The van der Waals surface area contributed by atoms with Crippen LogP contribution in [0.3, 0.4) is 0 Å². The molecule has 0 fully saturated rings. The standard InChI is InChI=1S/C14H20O2S/c1-3-4-5-6-13(15)11-17(16)14-9-7-12(2)8-10-14/h7-10H,3-6,11H2,1-2H3/t17-/m0/s1. The van der Waals surface area contributed by atoms with Gasteiger partial charge in [0.1, 0.15) is 5.78 Å². The third-order valence-electron chi connectivity index (χ3n) is 2.64. The first kappa shape index (κ1) is 14.1. The van der Waals surface area contributed by atoms with E-state index in [9.17, 15) is 9.00 Å². The van der Waals surface area contributed by atoms with Crippen LogP contribution in [-0.4, -0.2) is 15.7 Å². The third kappa shape index (κ3) is 5.26. The fraction of sp³-hybridized carbons (Fsp3) is 0.500. The van der Waals surface area contributed by atoms with E-state index in [1.165, 1.54) is 0 Å². The zero-order chi connectivity index (χ0) is 12.7. The van der Waals surface area contributed by atoms with Gasteiger partial charge in [-0.15, -0.1) is 0 Å². The van der Waals surface area contributed by atoms with Gasteiger partial charge in [-0.2, -0.15) is 0 Å². The normalized spacial score (nSPS) is 12.4. The van der Waals surface area contributed by atoms with Crippen LogP contribution in [0.2, 0.25) is 0 Å². The molecule has 0 aromatic heterocycles. The Morgan fingerprint density at radius 2 is 1.82 bits per heavy atom. The maximum absolute atomic E-state index is 11.9. The van der Waals surface area contributed by atoms with Crippen molar-refractivity contribution in [3.05, 3.63) is 29.8 Å². The van der Waals surface area contributed by atoms with Gasteiger partial charge in [-0.25, -0.2) is 0 Å². The SMILES string of the molecule is CCCCCC(=O)C[S@](=O)c1ccc(C)cc1. The van der Waals surface area contributed by atoms with E-state index in [1.807, 2.05) is 31.2 Å². The summed E-state index contributed by atoms with van der Waals surface area (Å²) in [7, 11) is -1.18. The molecule has 0 N–H and O–H groups in total. The quantitative estimate of drug-likeness (QED) is 0.698. The highest BCUT2D eigenvalue weighted by Gasteiger charge is 2.09. The summed E-state index contributed by atoms with van der Waals surface area (Å²) in [6.45, 7) is 4.09. The minimum Gasteiger partial charge on any atom is -0.299 e. The molecule has 0 bridgehead atoms. The predicted octanol–water partition coefficient (Wildman–Crippen LogP) is 3.25. The Bertz CT molecular complexity index is 382. The number of carbonyl (C=O) groups excluding carboxylic acids is 1. The van der Waals surface area contributed by atoms with Crippen molar-refractivity contribution < 1.29 is 9.00 Å². The molecule has 0 aliphatic rings. The average Bonchev–Trinajstić information content (AvgIpc) is 2.30.